The summed E-state index contributed by atoms with van der Waals surface area (Å²) >= 11 is 0. The van der Waals surface area contributed by atoms with Crippen molar-refractivity contribution in [1.29, 1.82) is 0 Å². The topological polar surface area (TPSA) is 91.6 Å². The summed E-state index contributed by atoms with van der Waals surface area (Å²) in [6.07, 6.45) is 1.65. The Bertz CT molecular complexity index is 1170. The molecule has 1 aromatic heterocycles. The van der Waals surface area contributed by atoms with E-state index in [2.05, 4.69) is 27.3 Å². The van der Waals surface area contributed by atoms with Crippen LogP contribution in [0, 0.1) is 6.92 Å². The number of hydrogen-bond donors (Lipinski definition) is 1. The minimum atomic E-state index is -0.305. The molecule has 1 saturated heterocycles. The van der Waals surface area contributed by atoms with Crippen molar-refractivity contribution >= 4 is 11.8 Å². The maximum atomic E-state index is 12.9. The second kappa shape index (κ2) is 11.0. The number of nitrogens with zero attached hydrogens (tertiary/aromatic N) is 4. The molecule has 8 heteroatoms. The molecule has 190 valence electrons. The fraction of sp³-hybridized carbons (Fsp3) is 0.429. The van der Waals surface area contributed by atoms with Gasteiger partial charge in [0.1, 0.15) is 0 Å². The van der Waals surface area contributed by atoms with E-state index in [1.165, 1.54) is 5.56 Å². The van der Waals surface area contributed by atoms with E-state index in [4.69, 9.17) is 4.52 Å². The number of hydrogen-bond acceptors (Lipinski definition) is 6. The predicted molar refractivity (Wildman–Crippen MR) is 139 cm³/mol. The minimum absolute atomic E-state index is 0.00641. The van der Waals surface area contributed by atoms with Crippen LogP contribution in [-0.2, 0) is 6.42 Å². The highest BCUT2D eigenvalue weighted by Crippen LogP contribution is 2.17. The molecule has 1 fully saturated rings. The molecule has 1 aliphatic heterocycles. The van der Waals surface area contributed by atoms with E-state index in [1.54, 1.807) is 24.3 Å². The molecule has 2 amide bonds. The number of amides is 2. The van der Waals surface area contributed by atoms with Gasteiger partial charge in [0.15, 0.2) is 0 Å². The van der Waals surface area contributed by atoms with Crippen LogP contribution in [-0.4, -0.2) is 70.0 Å². The van der Waals surface area contributed by atoms with Gasteiger partial charge in [0.05, 0.1) is 0 Å². The summed E-state index contributed by atoms with van der Waals surface area (Å²) in [5, 5.41) is 7.04. The number of rotatable bonds is 7. The van der Waals surface area contributed by atoms with Crippen LogP contribution in [0.3, 0.4) is 0 Å². The molecule has 0 radical (unpaired) electrons. The Labute approximate surface area is 212 Å². The van der Waals surface area contributed by atoms with Crippen molar-refractivity contribution in [3.05, 3.63) is 71.1 Å². The highest BCUT2D eigenvalue weighted by atomic mass is 16.5. The van der Waals surface area contributed by atoms with E-state index in [9.17, 15) is 9.59 Å². The van der Waals surface area contributed by atoms with E-state index in [0.29, 0.717) is 35.9 Å². The SMILES string of the molecule is Cc1ccc(-c2noc(CCCN3CCN(C(=O)c4ccc(C(=O)NC(C)(C)C)cc4)CC3)n2)cc1. The Morgan fingerprint density at radius 1 is 0.944 bits per heavy atom. The first-order valence-electron chi connectivity index (χ1n) is 12.5. The van der Waals surface area contributed by atoms with Crippen LogP contribution in [0.15, 0.2) is 53.1 Å². The zero-order valence-corrected chi connectivity index (χ0v) is 21.6. The molecule has 0 spiro atoms. The first-order chi connectivity index (χ1) is 17.2. The van der Waals surface area contributed by atoms with Gasteiger partial charge in [-0.15, -0.1) is 0 Å². The maximum Gasteiger partial charge on any atom is 0.253 e. The lowest BCUT2D eigenvalue weighted by Gasteiger charge is -2.34. The van der Waals surface area contributed by atoms with Crippen molar-refractivity contribution in [3.63, 3.8) is 0 Å². The molecule has 0 saturated carbocycles. The largest absolute Gasteiger partial charge is 0.347 e. The third-order valence-electron chi connectivity index (χ3n) is 6.18. The van der Waals surface area contributed by atoms with Crippen LogP contribution in [0.25, 0.3) is 11.4 Å². The normalized spacial score (nSPS) is 14.6. The van der Waals surface area contributed by atoms with Crippen molar-refractivity contribution in [2.24, 2.45) is 0 Å². The number of benzene rings is 2. The zero-order chi connectivity index (χ0) is 25.7. The maximum absolute atomic E-state index is 12.9. The summed E-state index contributed by atoms with van der Waals surface area (Å²) in [6.45, 7) is 11.8. The minimum Gasteiger partial charge on any atom is -0.347 e. The van der Waals surface area contributed by atoms with Crippen LogP contribution in [0.5, 0.6) is 0 Å². The molecule has 1 N–H and O–H groups in total. The average molecular weight is 490 g/mol. The lowest BCUT2D eigenvalue weighted by atomic mass is 10.1. The van der Waals surface area contributed by atoms with E-state index in [0.717, 1.165) is 38.0 Å². The molecule has 2 aromatic carbocycles. The van der Waals surface area contributed by atoms with Gasteiger partial charge in [-0.25, -0.2) is 0 Å². The average Bonchev–Trinajstić information content (AvgIpc) is 3.32. The molecule has 4 rings (SSSR count). The van der Waals surface area contributed by atoms with E-state index >= 15 is 0 Å². The highest BCUT2D eigenvalue weighted by Gasteiger charge is 2.23. The summed E-state index contributed by atoms with van der Waals surface area (Å²) in [5.74, 6) is 1.15. The highest BCUT2D eigenvalue weighted by molar-refractivity contribution is 5.98. The first-order valence-corrected chi connectivity index (χ1v) is 12.5. The first kappa shape index (κ1) is 25.6. The van der Waals surface area contributed by atoms with Crippen LogP contribution in [0.2, 0.25) is 0 Å². The van der Waals surface area contributed by atoms with Gasteiger partial charge in [-0.2, -0.15) is 4.98 Å². The van der Waals surface area contributed by atoms with Crippen LogP contribution in [0.1, 0.15) is 59.4 Å². The van der Waals surface area contributed by atoms with Crippen molar-refractivity contribution in [2.75, 3.05) is 32.7 Å². The van der Waals surface area contributed by atoms with Crippen LogP contribution >= 0.6 is 0 Å². The second-order valence-electron chi connectivity index (χ2n) is 10.4. The number of nitrogens with one attached hydrogen (secondary N) is 1. The molecule has 3 aromatic rings. The molecule has 2 heterocycles. The number of carbonyl (C=O) groups is 2. The Kier molecular flexibility index (Phi) is 7.84. The van der Waals surface area contributed by atoms with Gasteiger partial charge in [0, 0.05) is 54.8 Å². The van der Waals surface area contributed by atoms with Crippen molar-refractivity contribution < 1.29 is 14.1 Å². The van der Waals surface area contributed by atoms with Gasteiger partial charge in [-0.3, -0.25) is 14.5 Å². The number of piperazine rings is 1. The van der Waals surface area contributed by atoms with E-state index < -0.39 is 0 Å². The van der Waals surface area contributed by atoms with Crippen LogP contribution < -0.4 is 5.32 Å². The van der Waals surface area contributed by atoms with Crippen molar-refractivity contribution in [3.8, 4) is 11.4 Å². The summed E-state index contributed by atoms with van der Waals surface area (Å²) in [4.78, 5) is 34.0. The van der Waals surface area contributed by atoms with Gasteiger partial charge in [0.2, 0.25) is 11.7 Å². The fourth-order valence-electron chi connectivity index (χ4n) is 4.16. The number of aromatic nitrogens is 2. The molecule has 0 bridgehead atoms. The summed E-state index contributed by atoms with van der Waals surface area (Å²) in [6, 6.07) is 15.0. The van der Waals surface area contributed by atoms with Gasteiger partial charge in [-0.1, -0.05) is 35.0 Å². The van der Waals surface area contributed by atoms with Gasteiger partial charge < -0.3 is 14.7 Å². The molecular formula is C28H35N5O3. The quantitative estimate of drug-likeness (QED) is 0.540. The molecule has 0 atom stereocenters. The molecular weight excluding hydrogens is 454 g/mol. The van der Waals surface area contributed by atoms with E-state index in [1.807, 2.05) is 49.9 Å². The van der Waals surface area contributed by atoms with Crippen molar-refractivity contribution in [1.82, 2.24) is 25.3 Å². The summed E-state index contributed by atoms with van der Waals surface area (Å²) in [7, 11) is 0. The third-order valence-corrected chi connectivity index (χ3v) is 6.18. The van der Waals surface area contributed by atoms with Gasteiger partial charge in [-0.05, 0) is 64.9 Å². The van der Waals surface area contributed by atoms with E-state index in [-0.39, 0.29) is 17.4 Å². The third kappa shape index (κ3) is 6.79. The Morgan fingerprint density at radius 3 is 2.22 bits per heavy atom. The molecule has 0 aliphatic carbocycles. The Hall–Kier alpha value is -3.52. The second-order valence-corrected chi connectivity index (χ2v) is 10.4. The smallest absolute Gasteiger partial charge is 0.253 e. The predicted octanol–water partition coefficient (Wildman–Crippen LogP) is 3.96. The summed E-state index contributed by atoms with van der Waals surface area (Å²) in [5.41, 5.74) is 3.01. The van der Waals surface area contributed by atoms with Gasteiger partial charge in [0.25, 0.3) is 11.8 Å². The Morgan fingerprint density at radius 2 is 1.58 bits per heavy atom. The standard InChI is InChI=1S/C28H35N5O3/c1-20-7-9-21(10-8-20)25-29-24(36-31-25)6-5-15-32-16-18-33(19-17-32)27(35)23-13-11-22(12-14-23)26(34)30-28(2,3)4/h7-14H,5-6,15-19H2,1-4H3,(H,30,34). The number of carbonyl (C=O) groups excluding carboxylic acids is 2. The molecule has 0 unspecified atom stereocenters. The summed E-state index contributed by atoms with van der Waals surface area (Å²) < 4.78 is 5.43. The molecule has 1 aliphatic rings. The lowest BCUT2D eigenvalue weighted by molar-refractivity contribution is 0.0635. The van der Waals surface area contributed by atoms with Gasteiger partial charge >= 0.3 is 0 Å². The van der Waals surface area contributed by atoms with Crippen LogP contribution in [0.4, 0.5) is 0 Å². The zero-order valence-electron chi connectivity index (χ0n) is 21.6. The lowest BCUT2D eigenvalue weighted by Crippen LogP contribution is -2.48. The molecule has 36 heavy (non-hydrogen) atoms. The molecule has 8 nitrogen and oxygen atoms in total. The van der Waals surface area contributed by atoms with Crippen molar-refractivity contribution in [2.45, 2.75) is 46.1 Å². The Balaban J connectivity index is 1.20. The number of aryl methyl sites for hydroxylation is 2. The monoisotopic (exact) mass is 489 g/mol. The fourth-order valence-corrected chi connectivity index (χ4v) is 4.16.